The van der Waals surface area contributed by atoms with Crippen LogP contribution in [0.2, 0.25) is 0 Å². The fourth-order valence-corrected chi connectivity index (χ4v) is 2.58. The molecule has 2 amide bonds. The molecule has 1 atom stereocenters. The van der Waals surface area contributed by atoms with E-state index in [1.165, 1.54) is 0 Å². The number of nitrogens with one attached hydrogen (secondary N) is 2. The SMILES string of the molecule is O=C1NC(c2ccccc2)=C(Cl)C(c2ccccc2)N1. The van der Waals surface area contributed by atoms with Crippen LogP contribution in [0.4, 0.5) is 4.79 Å². The zero-order valence-corrected chi connectivity index (χ0v) is 11.4. The average molecular weight is 285 g/mol. The molecule has 1 aliphatic rings. The quantitative estimate of drug-likeness (QED) is 0.868. The summed E-state index contributed by atoms with van der Waals surface area (Å²) in [5.41, 5.74) is 2.51. The summed E-state index contributed by atoms with van der Waals surface area (Å²) in [5.74, 6) is 0. The first kappa shape index (κ1) is 12.8. The molecule has 1 aliphatic heterocycles. The van der Waals surface area contributed by atoms with Gasteiger partial charge in [-0.2, -0.15) is 0 Å². The first-order valence-electron chi connectivity index (χ1n) is 6.33. The number of urea groups is 1. The van der Waals surface area contributed by atoms with Crippen LogP contribution < -0.4 is 10.6 Å². The van der Waals surface area contributed by atoms with E-state index in [0.29, 0.717) is 10.7 Å². The molecule has 100 valence electrons. The van der Waals surface area contributed by atoms with Gasteiger partial charge in [0.05, 0.1) is 16.8 Å². The zero-order chi connectivity index (χ0) is 13.9. The molecular formula is C16H13ClN2O. The summed E-state index contributed by atoms with van der Waals surface area (Å²) in [6, 6.07) is 18.7. The van der Waals surface area contributed by atoms with Crippen molar-refractivity contribution in [3.8, 4) is 0 Å². The standard InChI is InChI=1S/C16H13ClN2O/c17-13-14(11-7-3-1-4-8-11)18-16(20)19-15(13)12-9-5-2-6-10-12/h1-10,14H,(H2,18,19,20). The van der Waals surface area contributed by atoms with E-state index >= 15 is 0 Å². The van der Waals surface area contributed by atoms with Gasteiger partial charge < -0.3 is 10.6 Å². The Balaban J connectivity index is 2.06. The van der Waals surface area contributed by atoms with E-state index in [-0.39, 0.29) is 12.1 Å². The highest BCUT2D eigenvalue weighted by Crippen LogP contribution is 2.33. The van der Waals surface area contributed by atoms with Crippen LogP contribution in [-0.4, -0.2) is 6.03 Å². The maximum absolute atomic E-state index is 11.9. The first-order chi connectivity index (χ1) is 9.75. The fourth-order valence-electron chi connectivity index (χ4n) is 2.24. The van der Waals surface area contributed by atoms with Crippen LogP contribution in [0.25, 0.3) is 5.70 Å². The Morgan fingerprint density at radius 2 is 1.50 bits per heavy atom. The van der Waals surface area contributed by atoms with Gasteiger partial charge in [0, 0.05) is 0 Å². The molecule has 0 fully saturated rings. The molecule has 0 saturated heterocycles. The second kappa shape index (κ2) is 5.39. The second-order valence-corrected chi connectivity index (χ2v) is 4.94. The minimum Gasteiger partial charge on any atom is -0.326 e. The van der Waals surface area contributed by atoms with Crippen molar-refractivity contribution >= 4 is 23.3 Å². The number of hydrogen-bond donors (Lipinski definition) is 2. The van der Waals surface area contributed by atoms with Gasteiger partial charge in [-0.1, -0.05) is 72.3 Å². The van der Waals surface area contributed by atoms with Crippen LogP contribution in [0, 0.1) is 0 Å². The highest BCUT2D eigenvalue weighted by atomic mass is 35.5. The lowest BCUT2D eigenvalue weighted by Crippen LogP contribution is -2.42. The van der Waals surface area contributed by atoms with E-state index in [0.717, 1.165) is 11.1 Å². The van der Waals surface area contributed by atoms with Crippen LogP contribution in [0.3, 0.4) is 0 Å². The third-order valence-electron chi connectivity index (χ3n) is 3.20. The molecule has 1 heterocycles. The molecule has 2 N–H and O–H groups in total. The maximum atomic E-state index is 11.9. The highest BCUT2D eigenvalue weighted by Gasteiger charge is 2.27. The van der Waals surface area contributed by atoms with Gasteiger partial charge in [0.15, 0.2) is 0 Å². The molecule has 0 spiro atoms. The molecule has 0 aromatic heterocycles. The second-order valence-electron chi connectivity index (χ2n) is 4.53. The Morgan fingerprint density at radius 3 is 2.15 bits per heavy atom. The van der Waals surface area contributed by atoms with E-state index in [2.05, 4.69) is 10.6 Å². The topological polar surface area (TPSA) is 41.1 Å². The summed E-state index contributed by atoms with van der Waals surface area (Å²) in [5, 5.41) is 6.21. The third kappa shape index (κ3) is 2.40. The molecule has 0 bridgehead atoms. The molecule has 2 aromatic carbocycles. The van der Waals surface area contributed by atoms with Crippen LogP contribution in [0.1, 0.15) is 17.2 Å². The van der Waals surface area contributed by atoms with Crippen LogP contribution in [0.15, 0.2) is 65.7 Å². The summed E-state index contributed by atoms with van der Waals surface area (Å²) < 4.78 is 0. The van der Waals surface area contributed by atoms with Gasteiger partial charge in [-0.3, -0.25) is 0 Å². The zero-order valence-electron chi connectivity index (χ0n) is 10.6. The van der Waals surface area contributed by atoms with Crippen molar-refractivity contribution in [1.82, 2.24) is 10.6 Å². The van der Waals surface area contributed by atoms with Crippen molar-refractivity contribution < 1.29 is 4.79 Å². The van der Waals surface area contributed by atoms with Crippen LogP contribution in [0.5, 0.6) is 0 Å². The Kier molecular flexibility index (Phi) is 3.44. The van der Waals surface area contributed by atoms with Crippen LogP contribution in [-0.2, 0) is 0 Å². The van der Waals surface area contributed by atoms with Crippen molar-refractivity contribution in [2.75, 3.05) is 0 Å². The van der Waals surface area contributed by atoms with E-state index in [1.807, 2.05) is 60.7 Å². The molecule has 0 radical (unpaired) electrons. The number of amides is 2. The highest BCUT2D eigenvalue weighted by molar-refractivity contribution is 6.34. The van der Waals surface area contributed by atoms with E-state index in [1.54, 1.807) is 0 Å². The predicted molar refractivity (Wildman–Crippen MR) is 80.1 cm³/mol. The fraction of sp³-hybridized carbons (Fsp3) is 0.0625. The molecule has 1 unspecified atom stereocenters. The Bertz CT molecular complexity index is 653. The monoisotopic (exact) mass is 284 g/mol. The Labute approximate surface area is 122 Å². The normalized spacial score (nSPS) is 18.4. The van der Waals surface area contributed by atoms with Crippen molar-refractivity contribution in [2.24, 2.45) is 0 Å². The van der Waals surface area contributed by atoms with Crippen molar-refractivity contribution in [2.45, 2.75) is 6.04 Å². The lowest BCUT2D eigenvalue weighted by Gasteiger charge is -2.27. The lowest BCUT2D eigenvalue weighted by atomic mass is 10.0. The van der Waals surface area contributed by atoms with Crippen molar-refractivity contribution in [3.63, 3.8) is 0 Å². The molecule has 20 heavy (non-hydrogen) atoms. The molecule has 0 aliphatic carbocycles. The first-order valence-corrected chi connectivity index (χ1v) is 6.71. The Hall–Kier alpha value is -2.26. The largest absolute Gasteiger partial charge is 0.326 e. The number of carbonyl (C=O) groups is 1. The van der Waals surface area contributed by atoms with Gasteiger partial charge >= 0.3 is 6.03 Å². The number of benzene rings is 2. The smallest absolute Gasteiger partial charge is 0.320 e. The van der Waals surface area contributed by atoms with Gasteiger partial charge in [-0.25, -0.2) is 4.79 Å². The molecule has 3 nitrogen and oxygen atoms in total. The average Bonchev–Trinajstić information content (AvgIpc) is 2.51. The van der Waals surface area contributed by atoms with E-state index in [4.69, 9.17) is 11.6 Å². The number of rotatable bonds is 2. The van der Waals surface area contributed by atoms with Gasteiger partial charge in [0.1, 0.15) is 0 Å². The van der Waals surface area contributed by atoms with Crippen molar-refractivity contribution in [3.05, 3.63) is 76.8 Å². The summed E-state index contributed by atoms with van der Waals surface area (Å²) in [4.78, 5) is 11.9. The van der Waals surface area contributed by atoms with Crippen molar-refractivity contribution in [1.29, 1.82) is 0 Å². The number of halogens is 1. The molecule has 4 heteroatoms. The maximum Gasteiger partial charge on any atom is 0.320 e. The number of hydrogen-bond acceptors (Lipinski definition) is 1. The van der Waals surface area contributed by atoms with Gasteiger partial charge in [0.25, 0.3) is 0 Å². The van der Waals surface area contributed by atoms with Gasteiger partial charge in [-0.15, -0.1) is 0 Å². The third-order valence-corrected chi connectivity index (χ3v) is 3.61. The molecule has 3 rings (SSSR count). The van der Waals surface area contributed by atoms with Gasteiger partial charge in [0.2, 0.25) is 0 Å². The Morgan fingerprint density at radius 1 is 0.900 bits per heavy atom. The summed E-state index contributed by atoms with van der Waals surface area (Å²) in [7, 11) is 0. The predicted octanol–water partition coefficient (Wildman–Crippen LogP) is 3.65. The summed E-state index contributed by atoms with van der Waals surface area (Å²) >= 11 is 6.49. The minimum absolute atomic E-state index is 0.248. The lowest BCUT2D eigenvalue weighted by molar-refractivity contribution is 0.241. The van der Waals surface area contributed by atoms with E-state index < -0.39 is 0 Å². The van der Waals surface area contributed by atoms with E-state index in [9.17, 15) is 4.79 Å². The van der Waals surface area contributed by atoms with Gasteiger partial charge in [-0.05, 0) is 11.1 Å². The molecular weight excluding hydrogens is 272 g/mol. The molecule has 0 saturated carbocycles. The molecule has 2 aromatic rings. The minimum atomic E-state index is -0.318. The number of carbonyl (C=O) groups excluding carboxylic acids is 1. The summed E-state index contributed by atoms with van der Waals surface area (Å²) in [6.07, 6.45) is 0. The summed E-state index contributed by atoms with van der Waals surface area (Å²) in [6.45, 7) is 0. The van der Waals surface area contributed by atoms with Crippen LogP contribution >= 0.6 is 11.6 Å².